The van der Waals surface area contributed by atoms with E-state index in [1.807, 2.05) is 84.6 Å². The van der Waals surface area contributed by atoms with Gasteiger partial charge in [-0.3, -0.25) is 4.79 Å². The summed E-state index contributed by atoms with van der Waals surface area (Å²) in [6.07, 6.45) is 8.99. The predicted octanol–water partition coefficient (Wildman–Crippen LogP) is 5.28. The van der Waals surface area contributed by atoms with E-state index in [1.165, 1.54) is 0 Å². The number of aromatic nitrogens is 2. The van der Waals surface area contributed by atoms with E-state index in [9.17, 15) is 4.79 Å². The molecule has 4 nitrogen and oxygen atoms in total. The first-order valence-electron chi connectivity index (χ1n) is 9.03. The van der Waals surface area contributed by atoms with Crippen LogP contribution in [0.4, 0.5) is 0 Å². The van der Waals surface area contributed by atoms with Gasteiger partial charge in [-0.2, -0.15) is 5.10 Å². The highest BCUT2D eigenvalue weighted by Gasteiger charge is 2.15. The van der Waals surface area contributed by atoms with Crippen LogP contribution in [0, 0.1) is 0 Å². The highest BCUT2D eigenvalue weighted by atomic mass is 35.5. The third-order valence-corrected chi connectivity index (χ3v) is 4.51. The number of nitrogens with zero attached hydrogens (tertiary/aromatic N) is 3. The molecule has 0 N–H and O–H groups in total. The third-order valence-electron chi connectivity index (χ3n) is 4.25. The zero-order valence-corrected chi connectivity index (χ0v) is 16.7. The van der Waals surface area contributed by atoms with Gasteiger partial charge in [-0.25, -0.2) is 4.68 Å². The topological polar surface area (TPSA) is 38.1 Å². The summed E-state index contributed by atoms with van der Waals surface area (Å²) in [4.78, 5) is 14.0. The molecule has 142 valence electrons. The molecule has 1 aromatic heterocycles. The van der Waals surface area contributed by atoms with Crippen LogP contribution in [0.1, 0.15) is 12.5 Å². The molecule has 3 rings (SSSR count). The Kier molecular flexibility index (Phi) is 6.45. The molecule has 0 aliphatic carbocycles. The largest absolute Gasteiger partial charge is 0.338 e. The van der Waals surface area contributed by atoms with Gasteiger partial charge >= 0.3 is 0 Å². The SMILES string of the molecule is CC=CC=CC(=O)N(C)Cc1cn(-c2ccccc2)nc1-c1ccc(Cl)cc1. The van der Waals surface area contributed by atoms with Crippen LogP contribution in [-0.2, 0) is 11.3 Å². The van der Waals surface area contributed by atoms with E-state index in [1.54, 1.807) is 24.1 Å². The second kappa shape index (κ2) is 9.20. The molecule has 1 heterocycles. The lowest BCUT2D eigenvalue weighted by atomic mass is 10.1. The van der Waals surface area contributed by atoms with E-state index < -0.39 is 0 Å². The van der Waals surface area contributed by atoms with Gasteiger partial charge in [0.15, 0.2) is 0 Å². The number of amides is 1. The van der Waals surface area contributed by atoms with Crippen LogP contribution in [-0.4, -0.2) is 27.6 Å². The highest BCUT2D eigenvalue weighted by Crippen LogP contribution is 2.26. The Balaban J connectivity index is 1.95. The summed E-state index contributed by atoms with van der Waals surface area (Å²) in [6.45, 7) is 2.36. The van der Waals surface area contributed by atoms with Crippen molar-refractivity contribution in [2.75, 3.05) is 7.05 Å². The molecule has 0 aliphatic rings. The smallest absolute Gasteiger partial charge is 0.246 e. The van der Waals surface area contributed by atoms with E-state index in [-0.39, 0.29) is 5.91 Å². The Labute approximate surface area is 170 Å². The Morgan fingerprint density at radius 3 is 2.50 bits per heavy atom. The van der Waals surface area contributed by atoms with Crippen molar-refractivity contribution in [3.8, 4) is 16.9 Å². The molecule has 0 bridgehead atoms. The molecule has 28 heavy (non-hydrogen) atoms. The monoisotopic (exact) mass is 391 g/mol. The summed E-state index contributed by atoms with van der Waals surface area (Å²) in [5.41, 5.74) is 3.71. The van der Waals surface area contributed by atoms with Gasteiger partial charge in [-0.05, 0) is 31.2 Å². The van der Waals surface area contributed by atoms with Crippen molar-refractivity contribution in [2.45, 2.75) is 13.5 Å². The number of carbonyl (C=O) groups excluding carboxylic acids is 1. The summed E-state index contributed by atoms with van der Waals surface area (Å²) in [5, 5.41) is 5.45. The second-order valence-corrected chi connectivity index (χ2v) is 6.81. The van der Waals surface area contributed by atoms with E-state index in [0.717, 1.165) is 22.5 Å². The van der Waals surface area contributed by atoms with Gasteiger partial charge in [0, 0.05) is 42.0 Å². The van der Waals surface area contributed by atoms with Gasteiger partial charge in [0.25, 0.3) is 0 Å². The average Bonchev–Trinajstić information content (AvgIpc) is 3.13. The molecule has 2 aromatic carbocycles. The maximum absolute atomic E-state index is 12.4. The average molecular weight is 392 g/mol. The van der Waals surface area contributed by atoms with Crippen LogP contribution in [0.15, 0.2) is 85.1 Å². The molecule has 1 amide bonds. The molecule has 0 unspecified atom stereocenters. The molecule has 3 aromatic rings. The maximum Gasteiger partial charge on any atom is 0.246 e. The van der Waals surface area contributed by atoms with Crippen molar-refractivity contribution in [1.29, 1.82) is 0 Å². The highest BCUT2D eigenvalue weighted by molar-refractivity contribution is 6.30. The van der Waals surface area contributed by atoms with E-state index in [0.29, 0.717) is 11.6 Å². The summed E-state index contributed by atoms with van der Waals surface area (Å²) in [5.74, 6) is -0.0624. The van der Waals surface area contributed by atoms with Crippen LogP contribution < -0.4 is 0 Å². The fourth-order valence-corrected chi connectivity index (χ4v) is 2.92. The molecule has 0 spiro atoms. The Morgan fingerprint density at radius 1 is 1.11 bits per heavy atom. The number of halogens is 1. The van der Waals surface area contributed by atoms with E-state index in [2.05, 4.69) is 0 Å². The summed E-state index contributed by atoms with van der Waals surface area (Å²) < 4.78 is 1.84. The van der Waals surface area contributed by atoms with Crippen molar-refractivity contribution in [3.63, 3.8) is 0 Å². The molecule has 0 atom stereocenters. The van der Waals surface area contributed by atoms with Gasteiger partial charge in [0.05, 0.1) is 11.4 Å². The number of benzene rings is 2. The minimum atomic E-state index is -0.0624. The molecule has 0 saturated carbocycles. The van der Waals surface area contributed by atoms with Gasteiger partial charge < -0.3 is 4.90 Å². The quantitative estimate of drug-likeness (QED) is 0.423. The van der Waals surface area contributed by atoms with Crippen LogP contribution in [0.2, 0.25) is 5.02 Å². The number of rotatable bonds is 6. The first kappa shape index (κ1) is 19.6. The lowest BCUT2D eigenvalue weighted by molar-refractivity contribution is -0.125. The number of allylic oxidation sites excluding steroid dienone is 3. The minimum Gasteiger partial charge on any atom is -0.338 e. The van der Waals surface area contributed by atoms with Gasteiger partial charge in [-0.15, -0.1) is 0 Å². The minimum absolute atomic E-state index is 0.0624. The van der Waals surface area contributed by atoms with Crippen LogP contribution in [0.25, 0.3) is 16.9 Å². The summed E-state index contributed by atoms with van der Waals surface area (Å²) >= 11 is 6.03. The van der Waals surface area contributed by atoms with Crippen LogP contribution in [0.3, 0.4) is 0 Å². The summed E-state index contributed by atoms with van der Waals surface area (Å²) in [6, 6.07) is 17.5. The van der Waals surface area contributed by atoms with Crippen molar-refractivity contribution in [1.82, 2.24) is 14.7 Å². The predicted molar refractivity (Wildman–Crippen MR) is 114 cm³/mol. The van der Waals surface area contributed by atoms with E-state index in [4.69, 9.17) is 16.7 Å². The molecule has 5 heteroatoms. The van der Waals surface area contributed by atoms with Crippen molar-refractivity contribution >= 4 is 17.5 Å². The third kappa shape index (κ3) is 4.78. The molecular weight excluding hydrogens is 370 g/mol. The zero-order valence-electron chi connectivity index (χ0n) is 15.9. The number of para-hydroxylation sites is 1. The second-order valence-electron chi connectivity index (χ2n) is 6.37. The number of carbonyl (C=O) groups is 1. The molecule has 0 radical (unpaired) electrons. The lowest BCUT2D eigenvalue weighted by Crippen LogP contribution is -2.24. The standard InChI is InChI=1S/C23H22ClN3O/c1-3-4-6-11-22(28)26(2)16-19-17-27(21-9-7-5-8-10-21)25-23(19)18-12-14-20(24)15-13-18/h3-15,17H,16H2,1-2H3. The first-order chi connectivity index (χ1) is 13.6. The van der Waals surface area contributed by atoms with Crippen LogP contribution in [0.5, 0.6) is 0 Å². The number of hydrogen-bond acceptors (Lipinski definition) is 2. The van der Waals surface area contributed by atoms with Crippen molar-refractivity contribution < 1.29 is 4.79 Å². The summed E-state index contributed by atoms with van der Waals surface area (Å²) in [7, 11) is 1.79. The lowest BCUT2D eigenvalue weighted by Gasteiger charge is -2.15. The molecule has 0 fully saturated rings. The Bertz CT molecular complexity index is 988. The fourth-order valence-electron chi connectivity index (χ4n) is 2.80. The fraction of sp³-hybridized carbons (Fsp3) is 0.130. The van der Waals surface area contributed by atoms with Crippen molar-refractivity contribution in [3.05, 3.63) is 95.7 Å². The first-order valence-corrected chi connectivity index (χ1v) is 9.40. The van der Waals surface area contributed by atoms with Gasteiger partial charge in [0.2, 0.25) is 5.91 Å². The van der Waals surface area contributed by atoms with Gasteiger partial charge in [0.1, 0.15) is 0 Å². The Hall–Kier alpha value is -3.11. The normalized spacial score (nSPS) is 11.4. The van der Waals surface area contributed by atoms with Crippen molar-refractivity contribution in [2.24, 2.45) is 0 Å². The Morgan fingerprint density at radius 2 is 1.82 bits per heavy atom. The molecular formula is C23H22ClN3O. The number of hydrogen-bond donors (Lipinski definition) is 0. The van der Waals surface area contributed by atoms with Crippen LogP contribution >= 0.6 is 11.6 Å². The number of likely N-dealkylation sites (N-methyl/N-ethyl adjacent to an activating group) is 1. The van der Waals surface area contributed by atoms with Gasteiger partial charge in [-0.1, -0.05) is 60.2 Å². The van der Waals surface area contributed by atoms with E-state index >= 15 is 0 Å². The zero-order chi connectivity index (χ0) is 19.9. The maximum atomic E-state index is 12.4. The molecule has 0 aliphatic heterocycles. The molecule has 0 saturated heterocycles.